The van der Waals surface area contributed by atoms with Crippen LogP contribution in [0.2, 0.25) is 0 Å². The quantitative estimate of drug-likeness (QED) is 0.855. The van der Waals surface area contributed by atoms with Gasteiger partial charge in [-0.2, -0.15) is 0 Å². The second kappa shape index (κ2) is 5.45. The Labute approximate surface area is 109 Å². The van der Waals surface area contributed by atoms with Crippen molar-refractivity contribution in [2.45, 2.75) is 49.7 Å². The lowest BCUT2D eigenvalue weighted by atomic mass is 9.78. The Balaban J connectivity index is 2.04. The summed E-state index contributed by atoms with van der Waals surface area (Å²) in [5.41, 5.74) is 1.63. The van der Waals surface area contributed by atoms with E-state index in [1.807, 2.05) is 11.8 Å². The molecular formula is C15H22OS. The molecule has 1 aliphatic heterocycles. The molecule has 1 nitrogen and oxygen atoms in total. The Morgan fingerprint density at radius 2 is 2.00 bits per heavy atom. The molecule has 2 heteroatoms. The van der Waals surface area contributed by atoms with Crippen LogP contribution in [-0.2, 0) is 6.42 Å². The van der Waals surface area contributed by atoms with Gasteiger partial charge in [-0.1, -0.05) is 32.0 Å². The minimum atomic E-state index is 0.139. The summed E-state index contributed by atoms with van der Waals surface area (Å²) < 4.78 is 0. The number of aliphatic hydroxyl groups is 1. The van der Waals surface area contributed by atoms with Gasteiger partial charge >= 0.3 is 0 Å². The van der Waals surface area contributed by atoms with Gasteiger partial charge in [0.05, 0.1) is 0 Å². The molecule has 1 N–H and O–H groups in total. The predicted molar refractivity (Wildman–Crippen MR) is 74.5 cm³/mol. The summed E-state index contributed by atoms with van der Waals surface area (Å²) in [7, 11) is 0. The van der Waals surface area contributed by atoms with E-state index in [2.05, 4.69) is 38.1 Å². The molecule has 0 amide bonds. The number of aliphatic hydroxyl groups excluding tert-OH is 1. The highest BCUT2D eigenvalue weighted by molar-refractivity contribution is 8.00. The predicted octanol–water partition coefficient (Wildman–Crippen LogP) is 3.89. The van der Waals surface area contributed by atoms with Gasteiger partial charge in [-0.15, -0.1) is 11.8 Å². The summed E-state index contributed by atoms with van der Waals surface area (Å²) in [6.07, 6.45) is 4.46. The number of benzene rings is 1. The van der Waals surface area contributed by atoms with Crippen LogP contribution in [0.4, 0.5) is 0 Å². The van der Waals surface area contributed by atoms with Crippen molar-refractivity contribution in [2.24, 2.45) is 5.41 Å². The highest BCUT2D eigenvalue weighted by Gasteiger charge is 2.32. The van der Waals surface area contributed by atoms with Gasteiger partial charge in [0.2, 0.25) is 0 Å². The van der Waals surface area contributed by atoms with Crippen LogP contribution in [0.3, 0.4) is 0 Å². The Kier molecular flexibility index (Phi) is 4.16. The van der Waals surface area contributed by atoms with E-state index in [9.17, 15) is 5.11 Å². The Morgan fingerprint density at radius 1 is 1.29 bits per heavy atom. The first-order valence-corrected chi connectivity index (χ1v) is 7.46. The average Bonchev–Trinajstić information content (AvgIpc) is 2.78. The zero-order valence-electron chi connectivity index (χ0n) is 10.8. The molecule has 2 rings (SSSR count). The maximum atomic E-state index is 9.64. The fourth-order valence-electron chi connectivity index (χ4n) is 2.68. The first kappa shape index (κ1) is 13.0. The summed E-state index contributed by atoms with van der Waals surface area (Å²) in [5.74, 6) is 0. The molecule has 1 atom stereocenters. The van der Waals surface area contributed by atoms with Gasteiger partial charge in [0.25, 0.3) is 0 Å². The largest absolute Gasteiger partial charge is 0.396 e. The zero-order chi connectivity index (χ0) is 12.3. The van der Waals surface area contributed by atoms with Crippen molar-refractivity contribution in [2.75, 3.05) is 6.61 Å². The molecule has 0 fully saturated rings. The monoisotopic (exact) mass is 250 g/mol. The summed E-state index contributed by atoms with van der Waals surface area (Å²) in [6.45, 7) is 4.73. The van der Waals surface area contributed by atoms with Crippen LogP contribution in [0.1, 0.15) is 38.7 Å². The van der Waals surface area contributed by atoms with Crippen molar-refractivity contribution in [1.82, 2.24) is 0 Å². The van der Waals surface area contributed by atoms with Gasteiger partial charge in [0.15, 0.2) is 0 Å². The third kappa shape index (κ3) is 2.69. The van der Waals surface area contributed by atoms with Crippen molar-refractivity contribution in [1.29, 1.82) is 0 Å². The van der Waals surface area contributed by atoms with Gasteiger partial charge in [-0.25, -0.2) is 0 Å². The molecule has 1 aliphatic rings. The van der Waals surface area contributed by atoms with Crippen molar-refractivity contribution in [3.8, 4) is 0 Å². The van der Waals surface area contributed by atoms with Crippen molar-refractivity contribution >= 4 is 11.8 Å². The molecule has 1 aromatic rings. The van der Waals surface area contributed by atoms with Crippen LogP contribution < -0.4 is 0 Å². The lowest BCUT2D eigenvalue weighted by Gasteiger charge is -2.31. The van der Waals surface area contributed by atoms with Crippen LogP contribution in [0.5, 0.6) is 0 Å². The molecule has 1 unspecified atom stereocenters. The van der Waals surface area contributed by atoms with Crippen molar-refractivity contribution in [3.63, 3.8) is 0 Å². The normalized spacial score (nSPS) is 19.4. The minimum absolute atomic E-state index is 0.139. The number of fused-ring (bicyclic) bond motifs is 1. The molecule has 94 valence electrons. The van der Waals surface area contributed by atoms with E-state index in [4.69, 9.17) is 0 Å². The lowest BCUT2D eigenvalue weighted by Crippen LogP contribution is -2.28. The Bertz CT molecular complexity index is 338. The van der Waals surface area contributed by atoms with Gasteiger partial charge < -0.3 is 5.11 Å². The lowest BCUT2D eigenvalue weighted by molar-refractivity contribution is 0.105. The van der Waals surface area contributed by atoms with Crippen LogP contribution >= 0.6 is 11.8 Å². The summed E-state index contributed by atoms with van der Waals surface area (Å²) in [6, 6.07) is 8.70. The van der Waals surface area contributed by atoms with Crippen LogP contribution in [0, 0.1) is 5.41 Å². The number of hydrogen-bond acceptors (Lipinski definition) is 2. The molecule has 1 heterocycles. The molecule has 0 radical (unpaired) electrons. The molecule has 1 aromatic carbocycles. The zero-order valence-corrected chi connectivity index (χ0v) is 11.6. The minimum Gasteiger partial charge on any atom is -0.396 e. The SMILES string of the molecule is CCC(CC)(CO)CC1Cc2ccccc2S1. The maximum absolute atomic E-state index is 9.64. The second-order valence-electron chi connectivity index (χ2n) is 5.12. The highest BCUT2D eigenvalue weighted by atomic mass is 32.2. The van der Waals surface area contributed by atoms with Gasteiger partial charge in [-0.05, 0) is 42.7 Å². The van der Waals surface area contributed by atoms with Gasteiger partial charge in [0, 0.05) is 16.8 Å². The fourth-order valence-corrected chi connectivity index (χ4v) is 4.20. The molecule has 0 spiro atoms. The van der Waals surface area contributed by atoms with E-state index in [0.717, 1.165) is 19.3 Å². The van der Waals surface area contributed by atoms with Crippen LogP contribution in [0.25, 0.3) is 0 Å². The molecule has 0 aromatic heterocycles. The molecule has 0 saturated carbocycles. The van der Waals surface area contributed by atoms with Crippen molar-refractivity contribution in [3.05, 3.63) is 29.8 Å². The summed E-state index contributed by atoms with van der Waals surface area (Å²) >= 11 is 2.00. The van der Waals surface area contributed by atoms with E-state index in [-0.39, 0.29) is 5.41 Å². The van der Waals surface area contributed by atoms with Gasteiger partial charge in [-0.3, -0.25) is 0 Å². The van der Waals surface area contributed by atoms with Crippen LogP contribution in [0.15, 0.2) is 29.2 Å². The topological polar surface area (TPSA) is 20.2 Å². The van der Waals surface area contributed by atoms with Crippen molar-refractivity contribution < 1.29 is 5.11 Å². The summed E-state index contributed by atoms with van der Waals surface area (Å²) in [5, 5.41) is 10.3. The van der Waals surface area contributed by atoms with E-state index in [1.54, 1.807) is 0 Å². The van der Waals surface area contributed by atoms with E-state index >= 15 is 0 Å². The van der Waals surface area contributed by atoms with E-state index in [1.165, 1.54) is 16.9 Å². The molecule has 0 aliphatic carbocycles. The average molecular weight is 250 g/mol. The third-order valence-corrected chi connectivity index (χ3v) is 5.53. The fraction of sp³-hybridized carbons (Fsp3) is 0.600. The smallest absolute Gasteiger partial charge is 0.0487 e. The van der Waals surface area contributed by atoms with Crippen LogP contribution in [-0.4, -0.2) is 17.0 Å². The maximum Gasteiger partial charge on any atom is 0.0487 e. The first-order valence-electron chi connectivity index (χ1n) is 6.58. The molecule has 17 heavy (non-hydrogen) atoms. The third-order valence-electron chi connectivity index (χ3n) is 4.21. The van der Waals surface area contributed by atoms with E-state index in [0.29, 0.717) is 11.9 Å². The second-order valence-corrected chi connectivity index (χ2v) is 6.46. The van der Waals surface area contributed by atoms with E-state index < -0.39 is 0 Å². The number of rotatable bonds is 5. The standard InChI is InChI=1S/C15H22OS/c1-3-15(4-2,11-16)10-13-9-12-7-5-6-8-14(12)17-13/h5-8,13,16H,3-4,9-11H2,1-2H3. The summed E-state index contributed by atoms with van der Waals surface area (Å²) in [4.78, 5) is 1.44. The Morgan fingerprint density at radius 3 is 2.59 bits per heavy atom. The molecule has 0 bridgehead atoms. The molecule has 0 saturated heterocycles. The number of hydrogen-bond donors (Lipinski definition) is 1. The Hall–Kier alpha value is -0.470. The molecular weight excluding hydrogens is 228 g/mol. The number of thioether (sulfide) groups is 1. The highest BCUT2D eigenvalue weighted by Crippen LogP contribution is 2.44. The van der Waals surface area contributed by atoms with Gasteiger partial charge in [0.1, 0.15) is 0 Å². The first-order chi connectivity index (χ1) is 8.23.